The number of aliphatic hydroxyl groups is 1. The minimum Gasteiger partial charge on any atom is -0.396 e. The summed E-state index contributed by atoms with van der Waals surface area (Å²) in [6.45, 7) is 2.02. The Hall–Kier alpha value is -2.12. The van der Waals surface area contributed by atoms with Gasteiger partial charge in [0, 0.05) is 18.7 Å². The molecule has 1 aromatic carbocycles. The summed E-state index contributed by atoms with van der Waals surface area (Å²) in [6, 6.07) is 9.08. The van der Waals surface area contributed by atoms with Crippen LogP contribution in [0.3, 0.4) is 0 Å². The van der Waals surface area contributed by atoms with E-state index in [9.17, 15) is 4.79 Å². The molecule has 0 heterocycles. The zero-order valence-electron chi connectivity index (χ0n) is 11.0. The van der Waals surface area contributed by atoms with Crippen molar-refractivity contribution in [2.75, 3.05) is 6.61 Å². The summed E-state index contributed by atoms with van der Waals surface area (Å²) < 4.78 is 0. The Balaban J connectivity index is 2.60. The number of nitrogens with one attached hydrogen (secondary N) is 1. The first-order valence-corrected chi connectivity index (χ1v) is 6.29. The number of aliphatic hydroxyl groups excluding tert-OH is 1. The second-order valence-corrected chi connectivity index (χ2v) is 4.20. The van der Waals surface area contributed by atoms with Crippen LogP contribution in [-0.2, 0) is 4.79 Å². The third-order valence-corrected chi connectivity index (χ3v) is 2.76. The van der Waals surface area contributed by atoms with Crippen LogP contribution in [0.1, 0.15) is 30.9 Å². The zero-order valence-corrected chi connectivity index (χ0v) is 11.0. The third-order valence-electron chi connectivity index (χ3n) is 2.76. The Morgan fingerprint density at radius 2 is 2.37 bits per heavy atom. The van der Waals surface area contributed by atoms with E-state index in [2.05, 4.69) is 11.4 Å². The van der Waals surface area contributed by atoms with Crippen molar-refractivity contribution in [2.45, 2.75) is 25.8 Å². The van der Waals surface area contributed by atoms with E-state index in [1.54, 1.807) is 24.3 Å². The molecule has 1 rings (SSSR count). The number of benzene rings is 1. The second-order valence-electron chi connectivity index (χ2n) is 4.20. The van der Waals surface area contributed by atoms with Gasteiger partial charge in [0.1, 0.15) is 0 Å². The number of hydrogen-bond donors (Lipinski definition) is 2. The maximum atomic E-state index is 11.7. The summed E-state index contributed by atoms with van der Waals surface area (Å²) in [6.07, 6.45) is 4.45. The second kappa shape index (κ2) is 8.06. The van der Waals surface area contributed by atoms with E-state index in [1.807, 2.05) is 13.0 Å². The number of amides is 1. The highest BCUT2D eigenvalue weighted by Gasteiger charge is 2.06. The average molecular weight is 258 g/mol. The van der Waals surface area contributed by atoms with Gasteiger partial charge in [-0.05, 0) is 36.6 Å². The molecule has 1 atom stereocenters. The summed E-state index contributed by atoms with van der Waals surface area (Å²) in [5.41, 5.74) is 1.37. The van der Waals surface area contributed by atoms with E-state index < -0.39 is 0 Å². The lowest BCUT2D eigenvalue weighted by Crippen LogP contribution is -2.33. The first-order valence-electron chi connectivity index (χ1n) is 6.29. The topological polar surface area (TPSA) is 73.1 Å². The van der Waals surface area contributed by atoms with Crippen LogP contribution >= 0.6 is 0 Å². The highest BCUT2D eigenvalue weighted by atomic mass is 16.3. The number of nitriles is 1. The SMILES string of the molecule is CCC(CCO)NC(=O)/C=C/c1cccc(C#N)c1. The first kappa shape index (κ1) is 14.9. The molecule has 4 nitrogen and oxygen atoms in total. The molecule has 100 valence electrons. The maximum absolute atomic E-state index is 11.7. The van der Waals surface area contributed by atoms with Crippen LogP contribution in [0.5, 0.6) is 0 Å². The molecule has 0 fully saturated rings. The summed E-state index contributed by atoms with van der Waals surface area (Å²) in [5.74, 6) is -0.192. The largest absolute Gasteiger partial charge is 0.396 e. The molecule has 1 aromatic rings. The third kappa shape index (κ3) is 5.36. The van der Waals surface area contributed by atoms with Gasteiger partial charge in [0.2, 0.25) is 5.91 Å². The van der Waals surface area contributed by atoms with Crippen LogP contribution in [0.2, 0.25) is 0 Å². The van der Waals surface area contributed by atoms with E-state index >= 15 is 0 Å². The highest BCUT2D eigenvalue weighted by molar-refractivity contribution is 5.91. The van der Waals surface area contributed by atoms with Gasteiger partial charge in [-0.15, -0.1) is 0 Å². The smallest absolute Gasteiger partial charge is 0.244 e. The lowest BCUT2D eigenvalue weighted by Gasteiger charge is -2.13. The molecule has 0 aliphatic heterocycles. The minimum atomic E-state index is -0.192. The molecule has 0 bridgehead atoms. The van der Waals surface area contributed by atoms with Crippen molar-refractivity contribution in [3.05, 3.63) is 41.5 Å². The van der Waals surface area contributed by atoms with Crippen LogP contribution in [-0.4, -0.2) is 23.7 Å². The van der Waals surface area contributed by atoms with Gasteiger partial charge in [0.15, 0.2) is 0 Å². The van der Waals surface area contributed by atoms with Gasteiger partial charge in [-0.25, -0.2) is 0 Å². The molecular weight excluding hydrogens is 240 g/mol. The molecule has 0 aliphatic carbocycles. The van der Waals surface area contributed by atoms with Crippen LogP contribution in [0.4, 0.5) is 0 Å². The molecule has 0 aromatic heterocycles. The first-order chi connectivity index (χ1) is 9.19. The molecule has 0 saturated heterocycles. The van der Waals surface area contributed by atoms with E-state index in [4.69, 9.17) is 10.4 Å². The fourth-order valence-corrected chi connectivity index (χ4v) is 1.67. The van der Waals surface area contributed by atoms with Gasteiger partial charge in [-0.2, -0.15) is 5.26 Å². The Kier molecular flexibility index (Phi) is 6.34. The molecule has 1 amide bonds. The quantitative estimate of drug-likeness (QED) is 0.765. The standard InChI is InChI=1S/C15H18N2O2/c1-2-14(8-9-18)17-15(19)7-6-12-4-3-5-13(10-12)11-16/h3-7,10,14,18H,2,8-9H2,1H3,(H,17,19)/b7-6+. The molecule has 2 N–H and O–H groups in total. The molecule has 0 radical (unpaired) electrons. The van der Waals surface area contributed by atoms with Gasteiger partial charge in [-0.3, -0.25) is 4.79 Å². The molecule has 0 aliphatic rings. The number of carbonyl (C=O) groups excluding carboxylic acids is 1. The summed E-state index contributed by atoms with van der Waals surface area (Å²) >= 11 is 0. The van der Waals surface area contributed by atoms with Gasteiger partial charge >= 0.3 is 0 Å². The van der Waals surface area contributed by atoms with Gasteiger partial charge in [-0.1, -0.05) is 19.1 Å². The van der Waals surface area contributed by atoms with Crippen molar-refractivity contribution in [2.24, 2.45) is 0 Å². The van der Waals surface area contributed by atoms with Crippen molar-refractivity contribution in [1.82, 2.24) is 5.32 Å². The lowest BCUT2D eigenvalue weighted by molar-refractivity contribution is -0.117. The predicted octanol–water partition coefficient (Wildman–Crippen LogP) is 1.85. The Morgan fingerprint density at radius 1 is 1.58 bits per heavy atom. The molecular formula is C15H18N2O2. The number of nitrogens with zero attached hydrogens (tertiary/aromatic N) is 1. The van der Waals surface area contributed by atoms with Gasteiger partial charge < -0.3 is 10.4 Å². The van der Waals surface area contributed by atoms with Gasteiger partial charge in [0.05, 0.1) is 11.6 Å². The fraction of sp³-hybridized carbons (Fsp3) is 0.333. The van der Waals surface area contributed by atoms with Crippen molar-refractivity contribution in [3.63, 3.8) is 0 Å². The van der Waals surface area contributed by atoms with E-state index in [1.165, 1.54) is 6.08 Å². The van der Waals surface area contributed by atoms with Crippen molar-refractivity contribution >= 4 is 12.0 Å². The fourth-order valence-electron chi connectivity index (χ4n) is 1.67. The summed E-state index contributed by atoms with van der Waals surface area (Å²) in [5, 5.41) is 20.4. The molecule has 19 heavy (non-hydrogen) atoms. The van der Waals surface area contributed by atoms with Crippen LogP contribution < -0.4 is 5.32 Å². The van der Waals surface area contributed by atoms with Crippen LogP contribution in [0.15, 0.2) is 30.3 Å². The van der Waals surface area contributed by atoms with E-state index in [0.29, 0.717) is 12.0 Å². The molecule has 0 saturated carbocycles. The van der Waals surface area contributed by atoms with Crippen molar-refractivity contribution < 1.29 is 9.90 Å². The maximum Gasteiger partial charge on any atom is 0.244 e. The number of rotatable bonds is 6. The Labute approximate surface area is 113 Å². The minimum absolute atomic E-state index is 0.00686. The molecule has 0 spiro atoms. The van der Waals surface area contributed by atoms with Crippen LogP contribution in [0, 0.1) is 11.3 Å². The van der Waals surface area contributed by atoms with E-state index in [-0.39, 0.29) is 18.6 Å². The predicted molar refractivity (Wildman–Crippen MR) is 74.1 cm³/mol. The number of carbonyl (C=O) groups is 1. The lowest BCUT2D eigenvalue weighted by atomic mass is 10.1. The number of hydrogen-bond acceptors (Lipinski definition) is 3. The molecule has 1 unspecified atom stereocenters. The Bertz CT molecular complexity index is 489. The highest BCUT2D eigenvalue weighted by Crippen LogP contribution is 2.06. The average Bonchev–Trinajstić information content (AvgIpc) is 2.45. The van der Waals surface area contributed by atoms with Crippen LogP contribution in [0.25, 0.3) is 6.08 Å². The molecule has 4 heteroatoms. The van der Waals surface area contributed by atoms with Gasteiger partial charge in [0.25, 0.3) is 0 Å². The monoisotopic (exact) mass is 258 g/mol. The normalized spacial score (nSPS) is 12.1. The van der Waals surface area contributed by atoms with Crippen molar-refractivity contribution in [3.8, 4) is 6.07 Å². The zero-order chi connectivity index (χ0) is 14.1. The van der Waals surface area contributed by atoms with Crippen molar-refractivity contribution in [1.29, 1.82) is 5.26 Å². The summed E-state index contributed by atoms with van der Waals surface area (Å²) in [7, 11) is 0. The summed E-state index contributed by atoms with van der Waals surface area (Å²) in [4.78, 5) is 11.7. The van der Waals surface area contributed by atoms with E-state index in [0.717, 1.165) is 12.0 Å². The Morgan fingerprint density at radius 3 is 3.00 bits per heavy atom.